The van der Waals surface area contributed by atoms with Crippen LogP contribution < -0.4 is 4.90 Å². The SMILES string of the molecule is CC(C)c1nnc(N(C)C(=O)c2ccccc2)s1. The van der Waals surface area contributed by atoms with E-state index >= 15 is 0 Å². The van der Waals surface area contributed by atoms with E-state index in [-0.39, 0.29) is 5.91 Å². The minimum atomic E-state index is -0.0675. The Bertz CT molecular complexity index is 536. The Labute approximate surface area is 110 Å². The average molecular weight is 261 g/mol. The van der Waals surface area contributed by atoms with E-state index < -0.39 is 0 Å². The third-order valence-electron chi connectivity index (χ3n) is 2.54. The van der Waals surface area contributed by atoms with Gasteiger partial charge in [0, 0.05) is 18.5 Å². The van der Waals surface area contributed by atoms with Gasteiger partial charge in [0.05, 0.1) is 0 Å². The third kappa shape index (κ3) is 2.56. The number of amides is 1. The van der Waals surface area contributed by atoms with Crippen LogP contribution in [-0.2, 0) is 0 Å². The van der Waals surface area contributed by atoms with Crippen LogP contribution in [0.3, 0.4) is 0 Å². The van der Waals surface area contributed by atoms with Gasteiger partial charge in [-0.25, -0.2) is 0 Å². The van der Waals surface area contributed by atoms with Crippen LogP contribution in [0.15, 0.2) is 30.3 Å². The summed E-state index contributed by atoms with van der Waals surface area (Å²) < 4.78 is 0. The zero-order chi connectivity index (χ0) is 13.1. The molecule has 5 heteroatoms. The van der Waals surface area contributed by atoms with Crippen LogP contribution in [0.2, 0.25) is 0 Å². The summed E-state index contributed by atoms with van der Waals surface area (Å²) in [5.41, 5.74) is 0.654. The van der Waals surface area contributed by atoms with Crippen molar-refractivity contribution in [2.45, 2.75) is 19.8 Å². The normalized spacial score (nSPS) is 10.7. The molecule has 0 aliphatic rings. The molecule has 0 saturated carbocycles. The highest BCUT2D eigenvalue weighted by Gasteiger charge is 2.17. The van der Waals surface area contributed by atoms with Crippen molar-refractivity contribution in [3.8, 4) is 0 Å². The standard InChI is InChI=1S/C13H15N3OS/c1-9(2)11-14-15-13(18-11)16(3)12(17)10-7-5-4-6-8-10/h4-9H,1-3H3. The maximum absolute atomic E-state index is 12.2. The Balaban J connectivity index is 2.20. The Hall–Kier alpha value is -1.75. The monoisotopic (exact) mass is 261 g/mol. The predicted molar refractivity (Wildman–Crippen MR) is 73.2 cm³/mol. The lowest BCUT2D eigenvalue weighted by Crippen LogP contribution is -2.25. The first-order valence-electron chi connectivity index (χ1n) is 5.76. The van der Waals surface area contributed by atoms with Gasteiger partial charge in [-0.15, -0.1) is 10.2 Å². The Kier molecular flexibility index (Phi) is 3.72. The molecule has 4 nitrogen and oxygen atoms in total. The molecule has 0 bridgehead atoms. The van der Waals surface area contributed by atoms with Gasteiger partial charge >= 0.3 is 0 Å². The first kappa shape index (κ1) is 12.7. The van der Waals surface area contributed by atoms with E-state index in [2.05, 4.69) is 24.0 Å². The summed E-state index contributed by atoms with van der Waals surface area (Å²) in [5.74, 6) is 0.263. The number of benzene rings is 1. The number of rotatable bonds is 3. The molecule has 0 radical (unpaired) electrons. The van der Waals surface area contributed by atoms with E-state index in [0.29, 0.717) is 16.6 Å². The van der Waals surface area contributed by atoms with E-state index in [1.165, 1.54) is 11.3 Å². The molecule has 0 N–H and O–H groups in total. The molecule has 1 heterocycles. The smallest absolute Gasteiger partial charge is 0.259 e. The fraction of sp³-hybridized carbons (Fsp3) is 0.308. The van der Waals surface area contributed by atoms with Crippen LogP contribution >= 0.6 is 11.3 Å². The summed E-state index contributed by atoms with van der Waals surface area (Å²) in [7, 11) is 1.72. The summed E-state index contributed by atoms with van der Waals surface area (Å²) in [6.07, 6.45) is 0. The lowest BCUT2D eigenvalue weighted by molar-refractivity contribution is 0.0993. The molecule has 1 aromatic heterocycles. The molecule has 0 unspecified atom stereocenters. The average Bonchev–Trinajstić information content (AvgIpc) is 2.88. The number of carbonyl (C=O) groups excluding carboxylic acids is 1. The summed E-state index contributed by atoms with van der Waals surface area (Å²) in [5, 5.41) is 9.72. The zero-order valence-corrected chi connectivity index (χ0v) is 11.4. The zero-order valence-electron chi connectivity index (χ0n) is 10.6. The van der Waals surface area contributed by atoms with Crippen molar-refractivity contribution in [2.75, 3.05) is 11.9 Å². The highest BCUT2D eigenvalue weighted by Crippen LogP contribution is 2.25. The first-order valence-corrected chi connectivity index (χ1v) is 6.57. The molecule has 0 saturated heterocycles. The van der Waals surface area contributed by atoms with Gasteiger partial charge in [-0.3, -0.25) is 9.69 Å². The van der Waals surface area contributed by atoms with E-state index in [1.807, 2.05) is 18.2 Å². The number of nitrogens with zero attached hydrogens (tertiary/aromatic N) is 3. The van der Waals surface area contributed by atoms with Gasteiger partial charge in [-0.05, 0) is 12.1 Å². The van der Waals surface area contributed by atoms with Crippen molar-refractivity contribution in [3.05, 3.63) is 40.9 Å². The van der Waals surface area contributed by atoms with Gasteiger partial charge in [-0.1, -0.05) is 43.4 Å². The largest absolute Gasteiger partial charge is 0.286 e. The van der Waals surface area contributed by atoms with Crippen LogP contribution in [0.25, 0.3) is 0 Å². The van der Waals surface area contributed by atoms with Crippen molar-refractivity contribution < 1.29 is 4.79 Å². The summed E-state index contributed by atoms with van der Waals surface area (Å²) in [6, 6.07) is 9.17. The van der Waals surface area contributed by atoms with E-state index in [1.54, 1.807) is 24.1 Å². The van der Waals surface area contributed by atoms with Crippen molar-refractivity contribution in [1.29, 1.82) is 0 Å². The third-order valence-corrected chi connectivity index (χ3v) is 3.84. The van der Waals surface area contributed by atoms with Crippen LogP contribution in [-0.4, -0.2) is 23.2 Å². The molecule has 94 valence electrons. The lowest BCUT2D eigenvalue weighted by atomic mass is 10.2. The van der Waals surface area contributed by atoms with E-state index in [4.69, 9.17) is 0 Å². The Morgan fingerprint density at radius 1 is 1.22 bits per heavy atom. The van der Waals surface area contributed by atoms with E-state index in [0.717, 1.165) is 5.01 Å². The second kappa shape index (κ2) is 5.27. The molecule has 2 aromatic rings. The van der Waals surface area contributed by atoms with Crippen molar-refractivity contribution in [3.63, 3.8) is 0 Å². The number of hydrogen-bond donors (Lipinski definition) is 0. The first-order chi connectivity index (χ1) is 8.59. The molecule has 0 spiro atoms. The van der Waals surface area contributed by atoms with Crippen molar-refractivity contribution >= 4 is 22.4 Å². The molecule has 18 heavy (non-hydrogen) atoms. The minimum absolute atomic E-state index is 0.0675. The van der Waals surface area contributed by atoms with Crippen LogP contribution in [0.4, 0.5) is 5.13 Å². The van der Waals surface area contributed by atoms with Crippen LogP contribution in [0, 0.1) is 0 Å². The molecular weight excluding hydrogens is 246 g/mol. The molecule has 0 aliphatic carbocycles. The van der Waals surface area contributed by atoms with Gasteiger partial charge < -0.3 is 0 Å². The van der Waals surface area contributed by atoms with E-state index in [9.17, 15) is 4.79 Å². The predicted octanol–water partition coefficient (Wildman–Crippen LogP) is 2.94. The minimum Gasteiger partial charge on any atom is -0.286 e. The van der Waals surface area contributed by atoms with Gasteiger partial charge in [-0.2, -0.15) is 0 Å². The maximum atomic E-state index is 12.2. The Morgan fingerprint density at radius 3 is 2.44 bits per heavy atom. The van der Waals surface area contributed by atoms with Gasteiger partial charge in [0.1, 0.15) is 5.01 Å². The van der Waals surface area contributed by atoms with Crippen LogP contribution in [0.1, 0.15) is 35.1 Å². The molecule has 0 fully saturated rings. The van der Waals surface area contributed by atoms with Gasteiger partial charge in [0.2, 0.25) is 5.13 Å². The Morgan fingerprint density at radius 2 is 1.89 bits per heavy atom. The number of carbonyl (C=O) groups is 1. The van der Waals surface area contributed by atoms with Gasteiger partial charge in [0.15, 0.2) is 0 Å². The fourth-order valence-corrected chi connectivity index (χ4v) is 2.26. The molecule has 1 aromatic carbocycles. The summed E-state index contributed by atoms with van der Waals surface area (Å²) >= 11 is 1.45. The topological polar surface area (TPSA) is 46.1 Å². The van der Waals surface area contributed by atoms with Crippen LogP contribution in [0.5, 0.6) is 0 Å². The lowest BCUT2D eigenvalue weighted by Gasteiger charge is -2.12. The maximum Gasteiger partial charge on any atom is 0.259 e. The second-order valence-electron chi connectivity index (χ2n) is 4.31. The summed E-state index contributed by atoms with van der Waals surface area (Å²) in [6.45, 7) is 4.12. The second-order valence-corrected chi connectivity index (χ2v) is 5.30. The van der Waals surface area contributed by atoms with Gasteiger partial charge in [0.25, 0.3) is 5.91 Å². The van der Waals surface area contributed by atoms with Crippen molar-refractivity contribution in [1.82, 2.24) is 10.2 Å². The number of aromatic nitrogens is 2. The number of hydrogen-bond acceptors (Lipinski definition) is 4. The molecule has 0 atom stereocenters. The highest BCUT2D eigenvalue weighted by molar-refractivity contribution is 7.15. The molecular formula is C13H15N3OS. The van der Waals surface area contributed by atoms with Crippen molar-refractivity contribution in [2.24, 2.45) is 0 Å². The highest BCUT2D eigenvalue weighted by atomic mass is 32.1. The summed E-state index contributed by atoms with van der Waals surface area (Å²) in [4.78, 5) is 13.7. The molecule has 1 amide bonds. The quantitative estimate of drug-likeness (QED) is 0.853. The number of anilines is 1. The molecule has 2 rings (SSSR count). The fourth-order valence-electron chi connectivity index (χ4n) is 1.46. The molecule has 0 aliphatic heterocycles.